The van der Waals surface area contributed by atoms with Crippen LogP contribution >= 0.6 is 0 Å². The van der Waals surface area contributed by atoms with E-state index in [1.807, 2.05) is 0 Å². The minimum Gasteiger partial charge on any atom is -0.870 e. The standard InChI is InChI=1S/C8H17N2.H2O/c1-8(2)9(3)6-7-10(8,4)5;/h6-7H,1-5H3;1H2/q+1;/p-1. The Morgan fingerprint density at radius 1 is 1.27 bits per heavy atom. The first-order valence-electron chi connectivity index (χ1n) is 3.64. The van der Waals surface area contributed by atoms with Crippen molar-refractivity contribution in [1.29, 1.82) is 0 Å². The van der Waals surface area contributed by atoms with Crippen molar-refractivity contribution in [1.82, 2.24) is 4.90 Å². The normalized spacial score (nSPS) is 25.0. The molecular weight excluding hydrogens is 140 g/mol. The van der Waals surface area contributed by atoms with Gasteiger partial charge in [-0.1, -0.05) is 0 Å². The molecule has 0 aromatic rings. The van der Waals surface area contributed by atoms with Gasteiger partial charge in [-0.05, 0) is 0 Å². The molecule has 0 saturated carbocycles. The van der Waals surface area contributed by atoms with E-state index >= 15 is 0 Å². The van der Waals surface area contributed by atoms with E-state index in [1.54, 1.807) is 0 Å². The van der Waals surface area contributed by atoms with E-state index in [2.05, 4.69) is 52.3 Å². The number of quaternary nitrogens is 1. The lowest BCUT2D eigenvalue weighted by molar-refractivity contribution is -0.894. The number of hydrogen-bond acceptors (Lipinski definition) is 2. The molecule has 0 fully saturated rings. The van der Waals surface area contributed by atoms with Crippen molar-refractivity contribution in [3.05, 3.63) is 12.4 Å². The molecule has 1 aliphatic heterocycles. The lowest BCUT2D eigenvalue weighted by atomic mass is 10.2. The van der Waals surface area contributed by atoms with Crippen LogP contribution in [0.2, 0.25) is 0 Å². The van der Waals surface area contributed by atoms with Crippen molar-refractivity contribution in [3.8, 4) is 0 Å². The maximum atomic E-state index is 2.24. The van der Waals surface area contributed by atoms with Crippen molar-refractivity contribution in [2.24, 2.45) is 0 Å². The van der Waals surface area contributed by atoms with E-state index in [9.17, 15) is 0 Å². The zero-order chi connectivity index (χ0) is 7.99. The molecule has 0 radical (unpaired) electrons. The first kappa shape index (κ1) is 10.5. The van der Waals surface area contributed by atoms with Gasteiger partial charge in [0.1, 0.15) is 6.20 Å². The molecule has 3 heteroatoms. The molecule has 0 aromatic carbocycles. The lowest BCUT2D eigenvalue weighted by Gasteiger charge is -2.40. The summed E-state index contributed by atoms with van der Waals surface area (Å²) in [6, 6.07) is 0. The Morgan fingerprint density at radius 3 is 1.82 bits per heavy atom. The van der Waals surface area contributed by atoms with Crippen LogP contribution in [-0.2, 0) is 0 Å². The van der Waals surface area contributed by atoms with Gasteiger partial charge in [0.25, 0.3) is 0 Å². The maximum Gasteiger partial charge on any atom is 0.172 e. The van der Waals surface area contributed by atoms with E-state index in [4.69, 9.17) is 0 Å². The van der Waals surface area contributed by atoms with Crippen LogP contribution in [0.1, 0.15) is 13.8 Å². The van der Waals surface area contributed by atoms with E-state index in [0.29, 0.717) is 0 Å². The highest BCUT2D eigenvalue weighted by Crippen LogP contribution is 2.29. The molecule has 0 atom stereocenters. The topological polar surface area (TPSA) is 33.2 Å². The van der Waals surface area contributed by atoms with Gasteiger partial charge in [-0.3, -0.25) is 4.48 Å². The predicted octanol–water partition coefficient (Wildman–Crippen LogP) is 1.04. The minimum absolute atomic E-state index is 0. The number of hydrogen-bond donors (Lipinski definition) is 0. The highest BCUT2D eigenvalue weighted by atomic mass is 16.0. The Labute approximate surface area is 68.8 Å². The fourth-order valence-corrected chi connectivity index (χ4v) is 1.04. The average molecular weight is 158 g/mol. The van der Waals surface area contributed by atoms with Gasteiger partial charge in [0.05, 0.1) is 20.3 Å². The van der Waals surface area contributed by atoms with Gasteiger partial charge in [-0.15, -0.1) is 0 Å². The monoisotopic (exact) mass is 158 g/mol. The summed E-state index contributed by atoms with van der Waals surface area (Å²) in [6.45, 7) is 4.49. The van der Waals surface area contributed by atoms with Gasteiger partial charge >= 0.3 is 0 Å². The fraction of sp³-hybridized carbons (Fsp3) is 0.750. The van der Waals surface area contributed by atoms with Crippen LogP contribution in [0.4, 0.5) is 0 Å². The number of rotatable bonds is 0. The van der Waals surface area contributed by atoms with Crippen LogP contribution in [-0.4, -0.2) is 41.7 Å². The molecule has 0 spiro atoms. The van der Waals surface area contributed by atoms with Crippen molar-refractivity contribution in [2.75, 3.05) is 21.1 Å². The van der Waals surface area contributed by atoms with Crippen LogP contribution in [0.15, 0.2) is 12.4 Å². The van der Waals surface area contributed by atoms with Gasteiger partial charge in [0, 0.05) is 20.9 Å². The largest absolute Gasteiger partial charge is 0.870 e. The molecule has 1 heterocycles. The summed E-state index contributed by atoms with van der Waals surface area (Å²) in [5.41, 5.74) is 0.208. The molecular formula is C8H18N2O. The van der Waals surface area contributed by atoms with E-state index in [1.165, 1.54) is 0 Å². The van der Waals surface area contributed by atoms with Crippen LogP contribution in [0, 0.1) is 0 Å². The Balaban J connectivity index is 0.000001000. The molecule has 3 nitrogen and oxygen atoms in total. The molecule has 0 amide bonds. The average Bonchev–Trinajstić information content (AvgIpc) is 1.94. The van der Waals surface area contributed by atoms with E-state index < -0.39 is 0 Å². The van der Waals surface area contributed by atoms with Crippen LogP contribution < -0.4 is 0 Å². The van der Waals surface area contributed by atoms with Crippen LogP contribution in [0.25, 0.3) is 0 Å². The van der Waals surface area contributed by atoms with Crippen LogP contribution in [0.3, 0.4) is 0 Å². The van der Waals surface area contributed by atoms with Crippen LogP contribution in [0.5, 0.6) is 0 Å². The summed E-state index contributed by atoms with van der Waals surface area (Å²) >= 11 is 0. The second-order valence-electron chi connectivity index (χ2n) is 3.94. The Kier molecular flexibility index (Phi) is 2.38. The molecule has 1 N–H and O–H groups in total. The molecule has 11 heavy (non-hydrogen) atoms. The highest BCUT2D eigenvalue weighted by molar-refractivity contribution is 4.89. The SMILES string of the molecule is CN1C=C[N+](C)(C)C1(C)C.[OH-]. The summed E-state index contributed by atoms with van der Waals surface area (Å²) < 4.78 is 0.934. The number of nitrogens with zero attached hydrogens (tertiary/aromatic N) is 2. The Bertz CT molecular complexity index is 173. The summed E-state index contributed by atoms with van der Waals surface area (Å²) in [4.78, 5) is 2.24. The van der Waals surface area contributed by atoms with Crippen molar-refractivity contribution in [3.63, 3.8) is 0 Å². The van der Waals surface area contributed by atoms with Gasteiger partial charge in [0.2, 0.25) is 0 Å². The summed E-state index contributed by atoms with van der Waals surface area (Å²) in [5, 5.41) is 0. The van der Waals surface area contributed by atoms with E-state index in [0.717, 1.165) is 4.48 Å². The second kappa shape index (κ2) is 2.50. The molecule has 1 rings (SSSR count). The van der Waals surface area contributed by atoms with Crippen molar-refractivity contribution < 1.29 is 9.96 Å². The first-order chi connectivity index (χ1) is 4.38. The highest BCUT2D eigenvalue weighted by Gasteiger charge is 2.42. The third-order valence-electron chi connectivity index (χ3n) is 2.94. The van der Waals surface area contributed by atoms with E-state index in [-0.39, 0.29) is 11.1 Å². The first-order valence-corrected chi connectivity index (χ1v) is 3.64. The second-order valence-corrected chi connectivity index (χ2v) is 3.94. The third-order valence-corrected chi connectivity index (χ3v) is 2.94. The molecule has 0 bridgehead atoms. The smallest absolute Gasteiger partial charge is 0.172 e. The van der Waals surface area contributed by atoms with Crippen molar-refractivity contribution >= 4 is 0 Å². The third kappa shape index (κ3) is 1.26. The van der Waals surface area contributed by atoms with Gasteiger partial charge < -0.3 is 10.4 Å². The maximum absolute atomic E-state index is 2.24. The molecule has 0 saturated heterocycles. The van der Waals surface area contributed by atoms with Gasteiger partial charge in [-0.25, -0.2) is 0 Å². The Morgan fingerprint density at radius 2 is 1.73 bits per heavy atom. The fourth-order valence-electron chi connectivity index (χ4n) is 1.04. The minimum atomic E-state index is 0. The molecule has 1 aliphatic rings. The molecule has 0 aromatic heterocycles. The van der Waals surface area contributed by atoms with Gasteiger partial charge in [-0.2, -0.15) is 0 Å². The zero-order valence-electron chi connectivity index (χ0n) is 8.00. The van der Waals surface area contributed by atoms with Gasteiger partial charge in [0.15, 0.2) is 5.66 Å². The van der Waals surface area contributed by atoms with Crippen molar-refractivity contribution in [2.45, 2.75) is 19.5 Å². The summed E-state index contributed by atoms with van der Waals surface area (Å²) in [6.07, 6.45) is 4.35. The summed E-state index contributed by atoms with van der Waals surface area (Å²) in [5.74, 6) is 0. The molecule has 0 unspecified atom stereocenters. The predicted molar refractivity (Wildman–Crippen MR) is 45.0 cm³/mol. The quantitative estimate of drug-likeness (QED) is 0.493. The molecule has 66 valence electrons. The lowest BCUT2D eigenvalue weighted by Crippen LogP contribution is -2.55. The molecule has 0 aliphatic carbocycles. The zero-order valence-corrected chi connectivity index (χ0v) is 8.00. The Hall–Kier alpha value is -0.540. The summed E-state index contributed by atoms with van der Waals surface area (Å²) in [7, 11) is 6.53.